The van der Waals surface area contributed by atoms with Crippen molar-refractivity contribution < 1.29 is 31.2 Å². The van der Waals surface area contributed by atoms with Crippen LogP contribution >= 0.6 is 0 Å². The number of amides is 2. The topological polar surface area (TPSA) is 86.8 Å². The van der Waals surface area contributed by atoms with Crippen molar-refractivity contribution in [3.63, 3.8) is 0 Å². The van der Waals surface area contributed by atoms with Crippen LogP contribution in [0.3, 0.4) is 0 Å². The minimum Gasteiger partial charge on any atom is -0.349 e. The van der Waals surface area contributed by atoms with Gasteiger partial charge in [-0.3, -0.25) is 9.59 Å². The van der Waals surface area contributed by atoms with E-state index in [1.807, 2.05) is 6.92 Å². The molecule has 2 aliphatic heterocycles. The van der Waals surface area contributed by atoms with Crippen molar-refractivity contribution in [2.24, 2.45) is 5.92 Å². The molecule has 0 radical (unpaired) electrons. The summed E-state index contributed by atoms with van der Waals surface area (Å²) in [6.45, 7) is 6.19. The standard InChI is InChI=1S/C22H28F3N3O4S/c1-3-20(29)26-19-9-12-28(14-15(19)2)33(31,32)18-7-10-27(11-8-18)21(30)16-5-4-6-17(13-16)22(23,24)25/h3-6,13,15,18-19H,1,7-12,14H2,2H3,(H,26,29). The van der Waals surface area contributed by atoms with Crippen LogP contribution in [0, 0.1) is 5.92 Å². The Kier molecular flexibility index (Phi) is 7.52. The fraction of sp³-hybridized carbons (Fsp3) is 0.545. The quantitative estimate of drug-likeness (QED) is 0.647. The molecule has 1 aromatic rings. The van der Waals surface area contributed by atoms with Crippen molar-refractivity contribution >= 4 is 21.8 Å². The number of carbonyl (C=O) groups excluding carboxylic acids is 2. The predicted octanol–water partition coefficient (Wildman–Crippen LogP) is 2.65. The zero-order valence-corrected chi connectivity index (χ0v) is 19.2. The molecule has 2 heterocycles. The van der Waals surface area contributed by atoms with Crippen molar-refractivity contribution in [3.8, 4) is 0 Å². The van der Waals surface area contributed by atoms with Crippen molar-refractivity contribution in [2.45, 2.75) is 43.7 Å². The Balaban J connectivity index is 1.60. The summed E-state index contributed by atoms with van der Waals surface area (Å²) in [5.41, 5.74) is -0.962. The number of hydrogen-bond donors (Lipinski definition) is 1. The number of sulfonamides is 1. The molecule has 11 heteroatoms. The highest BCUT2D eigenvalue weighted by molar-refractivity contribution is 7.89. The van der Waals surface area contributed by atoms with Crippen LogP contribution in [0.4, 0.5) is 13.2 Å². The fourth-order valence-corrected chi connectivity index (χ4v) is 6.40. The lowest BCUT2D eigenvalue weighted by Crippen LogP contribution is -2.54. The van der Waals surface area contributed by atoms with Crippen LogP contribution in [0.2, 0.25) is 0 Å². The minimum atomic E-state index is -4.55. The zero-order valence-electron chi connectivity index (χ0n) is 18.3. The van der Waals surface area contributed by atoms with Gasteiger partial charge in [0.15, 0.2) is 0 Å². The van der Waals surface area contributed by atoms with Gasteiger partial charge in [0.05, 0.1) is 10.8 Å². The second-order valence-electron chi connectivity index (χ2n) is 8.56. The van der Waals surface area contributed by atoms with Gasteiger partial charge in [-0.1, -0.05) is 19.6 Å². The Morgan fingerprint density at radius 2 is 1.82 bits per heavy atom. The van der Waals surface area contributed by atoms with E-state index in [-0.39, 0.29) is 62.5 Å². The predicted molar refractivity (Wildman–Crippen MR) is 117 cm³/mol. The Morgan fingerprint density at radius 3 is 2.39 bits per heavy atom. The zero-order chi connectivity index (χ0) is 24.4. The van der Waals surface area contributed by atoms with Crippen LogP contribution in [0.5, 0.6) is 0 Å². The number of piperidine rings is 2. The molecule has 2 aliphatic rings. The highest BCUT2D eigenvalue weighted by Crippen LogP contribution is 2.31. The number of carbonyl (C=O) groups is 2. The van der Waals surface area contributed by atoms with Crippen LogP contribution < -0.4 is 5.32 Å². The van der Waals surface area contributed by atoms with E-state index in [9.17, 15) is 31.2 Å². The second-order valence-corrected chi connectivity index (χ2v) is 10.8. The van der Waals surface area contributed by atoms with E-state index < -0.39 is 32.9 Å². The molecule has 7 nitrogen and oxygen atoms in total. The fourth-order valence-electron chi connectivity index (χ4n) is 4.37. The van der Waals surface area contributed by atoms with Crippen LogP contribution in [-0.2, 0) is 21.0 Å². The molecule has 0 saturated carbocycles. The summed E-state index contributed by atoms with van der Waals surface area (Å²) < 4.78 is 66.6. The van der Waals surface area contributed by atoms with E-state index in [0.717, 1.165) is 12.1 Å². The van der Waals surface area contributed by atoms with E-state index in [1.54, 1.807) is 0 Å². The maximum Gasteiger partial charge on any atom is 0.416 e. The van der Waals surface area contributed by atoms with E-state index >= 15 is 0 Å². The monoisotopic (exact) mass is 487 g/mol. The third kappa shape index (κ3) is 5.75. The smallest absolute Gasteiger partial charge is 0.349 e. The molecule has 2 saturated heterocycles. The minimum absolute atomic E-state index is 0.0661. The highest BCUT2D eigenvalue weighted by Gasteiger charge is 2.39. The molecule has 2 amide bonds. The average Bonchev–Trinajstić information content (AvgIpc) is 2.79. The van der Waals surface area contributed by atoms with Gasteiger partial charge in [-0.25, -0.2) is 12.7 Å². The van der Waals surface area contributed by atoms with Crippen LogP contribution in [0.15, 0.2) is 36.9 Å². The van der Waals surface area contributed by atoms with Gasteiger partial charge in [0.25, 0.3) is 5.91 Å². The Labute approximate surface area is 191 Å². The van der Waals surface area contributed by atoms with Crippen molar-refractivity contribution in [3.05, 3.63) is 48.0 Å². The first kappa shape index (κ1) is 25.2. The van der Waals surface area contributed by atoms with E-state index in [2.05, 4.69) is 11.9 Å². The summed E-state index contributed by atoms with van der Waals surface area (Å²) in [6.07, 6.45) is -2.43. The van der Waals surface area contributed by atoms with E-state index in [4.69, 9.17) is 0 Å². The number of nitrogens with one attached hydrogen (secondary N) is 1. The van der Waals surface area contributed by atoms with Gasteiger partial charge in [-0.15, -0.1) is 0 Å². The van der Waals surface area contributed by atoms with Crippen molar-refractivity contribution in [2.75, 3.05) is 26.2 Å². The van der Waals surface area contributed by atoms with Gasteiger partial charge >= 0.3 is 6.18 Å². The number of nitrogens with zero attached hydrogens (tertiary/aromatic N) is 2. The number of benzene rings is 1. The molecule has 2 fully saturated rings. The summed E-state index contributed by atoms with van der Waals surface area (Å²) >= 11 is 0. The molecular formula is C22H28F3N3O4S. The summed E-state index contributed by atoms with van der Waals surface area (Å²) in [6, 6.07) is 4.12. The lowest BCUT2D eigenvalue weighted by molar-refractivity contribution is -0.137. The third-order valence-corrected chi connectivity index (χ3v) is 8.69. The number of halogens is 3. The number of likely N-dealkylation sites (tertiary alicyclic amines) is 1. The highest BCUT2D eigenvalue weighted by atomic mass is 32.2. The maximum atomic E-state index is 13.2. The molecule has 1 N–H and O–H groups in total. The van der Waals surface area contributed by atoms with Gasteiger partial charge in [0.1, 0.15) is 0 Å². The molecule has 182 valence electrons. The molecule has 0 aromatic heterocycles. The van der Waals surface area contributed by atoms with Crippen LogP contribution in [-0.4, -0.2) is 66.9 Å². The van der Waals surface area contributed by atoms with Crippen molar-refractivity contribution in [1.29, 1.82) is 0 Å². The van der Waals surface area contributed by atoms with Gasteiger partial charge in [-0.05, 0) is 49.5 Å². The van der Waals surface area contributed by atoms with Crippen molar-refractivity contribution in [1.82, 2.24) is 14.5 Å². The van der Waals surface area contributed by atoms with Crippen LogP contribution in [0.1, 0.15) is 42.1 Å². The summed E-state index contributed by atoms with van der Waals surface area (Å²) in [4.78, 5) is 25.6. The number of hydrogen-bond acceptors (Lipinski definition) is 4. The average molecular weight is 488 g/mol. The number of alkyl halides is 3. The molecule has 33 heavy (non-hydrogen) atoms. The SMILES string of the molecule is C=CC(=O)NC1CCN(S(=O)(=O)C2CCN(C(=O)c3cccc(C(F)(F)F)c3)CC2)CC1C. The summed E-state index contributed by atoms with van der Waals surface area (Å²) in [7, 11) is -3.60. The molecule has 2 atom stereocenters. The van der Waals surface area contributed by atoms with Gasteiger partial charge < -0.3 is 10.2 Å². The first-order valence-corrected chi connectivity index (χ1v) is 12.3. The summed E-state index contributed by atoms with van der Waals surface area (Å²) in [5, 5.41) is 2.17. The van der Waals surface area contributed by atoms with E-state index in [0.29, 0.717) is 6.42 Å². The van der Waals surface area contributed by atoms with Gasteiger partial charge in [0, 0.05) is 37.8 Å². The van der Waals surface area contributed by atoms with Gasteiger partial charge in [-0.2, -0.15) is 13.2 Å². The third-order valence-electron chi connectivity index (χ3n) is 6.33. The Morgan fingerprint density at radius 1 is 1.15 bits per heavy atom. The normalized spacial score (nSPS) is 23.2. The number of rotatable bonds is 5. The molecule has 0 bridgehead atoms. The first-order valence-electron chi connectivity index (χ1n) is 10.8. The molecule has 0 spiro atoms. The molecule has 0 aliphatic carbocycles. The first-order chi connectivity index (χ1) is 15.4. The maximum absolute atomic E-state index is 13.2. The summed E-state index contributed by atoms with van der Waals surface area (Å²) in [5.74, 6) is -0.898. The molecule has 3 rings (SSSR count). The van der Waals surface area contributed by atoms with Gasteiger partial charge in [0.2, 0.25) is 15.9 Å². The van der Waals surface area contributed by atoms with E-state index in [1.165, 1.54) is 27.4 Å². The lowest BCUT2D eigenvalue weighted by Gasteiger charge is -2.39. The second kappa shape index (κ2) is 9.84. The Hall–Kier alpha value is -2.40. The Bertz CT molecular complexity index is 1000. The van der Waals surface area contributed by atoms with Crippen LogP contribution in [0.25, 0.3) is 0 Å². The molecule has 1 aromatic carbocycles. The molecular weight excluding hydrogens is 459 g/mol. The largest absolute Gasteiger partial charge is 0.416 e. The lowest BCUT2D eigenvalue weighted by atomic mass is 9.95. The molecule has 2 unspecified atom stereocenters.